The zero-order valence-electron chi connectivity index (χ0n) is 13.9. The second-order valence-electron chi connectivity index (χ2n) is 5.95. The zero-order chi connectivity index (χ0) is 15.6. The highest BCUT2D eigenvalue weighted by Gasteiger charge is 2.15. The zero-order valence-corrected chi connectivity index (χ0v) is 13.9. The van der Waals surface area contributed by atoms with E-state index in [2.05, 4.69) is 48.7 Å². The van der Waals surface area contributed by atoms with Crippen LogP contribution in [-0.4, -0.2) is 31.8 Å². The lowest BCUT2D eigenvalue weighted by Gasteiger charge is -2.15. The first-order valence-electron chi connectivity index (χ1n) is 8.47. The van der Waals surface area contributed by atoms with Crippen molar-refractivity contribution in [3.63, 3.8) is 0 Å². The molecule has 1 aromatic carbocycles. The number of hydrogen-bond acceptors (Lipinski definition) is 2. The number of rotatable bonds is 7. The number of nitrogens with zero attached hydrogens (tertiary/aromatic N) is 1. The molecule has 1 fully saturated rings. The molecule has 4 heteroatoms. The summed E-state index contributed by atoms with van der Waals surface area (Å²) in [5, 5.41) is 6.83. The second-order valence-corrected chi connectivity index (χ2v) is 5.95. The first kappa shape index (κ1) is 16.8. The summed E-state index contributed by atoms with van der Waals surface area (Å²) in [5.41, 5.74) is 2.52. The summed E-state index contributed by atoms with van der Waals surface area (Å²) < 4.78 is 5.66. The summed E-state index contributed by atoms with van der Waals surface area (Å²) in [7, 11) is 0. The highest BCUT2D eigenvalue weighted by atomic mass is 16.5. The molecule has 22 heavy (non-hydrogen) atoms. The van der Waals surface area contributed by atoms with Gasteiger partial charge < -0.3 is 15.4 Å². The fourth-order valence-electron chi connectivity index (χ4n) is 2.44. The van der Waals surface area contributed by atoms with Crippen molar-refractivity contribution in [2.45, 2.75) is 52.2 Å². The van der Waals surface area contributed by atoms with Crippen molar-refractivity contribution in [1.82, 2.24) is 10.6 Å². The average molecular weight is 303 g/mol. The van der Waals surface area contributed by atoms with E-state index in [0.717, 1.165) is 38.5 Å². The molecule has 1 atom stereocenters. The molecule has 2 N–H and O–H groups in total. The van der Waals surface area contributed by atoms with Gasteiger partial charge in [-0.15, -0.1) is 0 Å². The van der Waals surface area contributed by atoms with Gasteiger partial charge >= 0.3 is 0 Å². The molecule has 0 saturated carbocycles. The molecule has 0 radical (unpaired) electrons. The molecule has 0 amide bonds. The predicted octanol–water partition coefficient (Wildman–Crippen LogP) is 3.01. The van der Waals surface area contributed by atoms with Gasteiger partial charge in [-0.25, -0.2) is 4.99 Å². The summed E-state index contributed by atoms with van der Waals surface area (Å²) in [6, 6.07) is 8.55. The first-order valence-corrected chi connectivity index (χ1v) is 8.47. The number of guanidine groups is 1. The van der Waals surface area contributed by atoms with Crippen LogP contribution in [0.2, 0.25) is 0 Å². The number of hydrogen-bond donors (Lipinski definition) is 2. The molecular weight excluding hydrogens is 274 g/mol. The van der Waals surface area contributed by atoms with Gasteiger partial charge in [0.25, 0.3) is 0 Å². The van der Waals surface area contributed by atoms with Crippen molar-refractivity contribution in [2.24, 2.45) is 4.99 Å². The summed E-state index contributed by atoms with van der Waals surface area (Å²) in [6.45, 7) is 7.70. The number of aliphatic imine (C=N–C) groups is 1. The standard InChI is InChI=1S/C18H29N3O/c1-3-4-11-19-18(21-14-17-6-5-12-22-17)20-13-16-9-7-15(2)8-10-16/h7-10,17H,3-6,11-14H2,1-2H3,(H2,19,20,21). The molecule has 0 spiro atoms. The van der Waals surface area contributed by atoms with Crippen LogP contribution >= 0.6 is 0 Å². The monoisotopic (exact) mass is 303 g/mol. The molecule has 1 aliphatic rings. The first-order chi connectivity index (χ1) is 10.8. The van der Waals surface area contributed by atoms with Gasteiger partial charge in [-0.1, -0.05) is 43.2 Å². The van der Waals surface area contributed by atoms with Crippen LogP contribution in [0.25, 0.3) is 0 Å². The molecule has 1 unspecified atom stereocenters. The molecule has 1 aromatic rings. The van der Waals surface area contributed by atoms with Gasteiger partial charge in [0.15, 0.2) is 5.96 Å². The Kier molecular flexibility index (Phi) is 7.23. The van der Waals surface area contributed by atoms with Crippen LogP contribution in [0.15, 0.2) is 29.3 Å². The van der Waals surface area contributed by atoms with Crippen molar-refractivity contribution in [2.75, 3.05) is 19.7 Å². The van der Waals surface area contributed by atoms with E-state index in [9.17, 15) is 0 Å². The smallest absolute Gasteiger partial charge is 0.191 e. The van der Waals surface area contributed by atoms with Gasteiger partial charge in [-0.3, -0.25) is 0 Å². The minimum absolute atomic E-state index is 0.331. The Bertz CT molecular complexity index is 450. The summed E-state index contributed by atoms with van der Waals surface area (Å²) in [4.78, 5) is 4.70. The Hall–Kier alpha value is -1.55. The van der Waals surface area contributed by atoms with E-state index in [0.29, 0.717) is 12.6 Å². The Balaban J connectivity index is 1.86. The maximum atomic E-state index is 5.66. The summed E-state index contributed by atoms with van der Waals surface area (Å²) >= 11 is 0. The van der Waals surface area contributed by atoms with Gasteiger partial charge in [0.05, 0.1) is 12.6 Å². The van der Waals surface area contributed by atoms with Crippen LogP contribution < -0.4 is 10.6 Å². The molecule has 0 aliphatic carbocycles. The van der Waals surface area contributed by atoms with Crippen molar-refractivity contribution < 1.29 is 4.74 Å². The van der Waals surface area contributed by atoms with E-state index in [4.69, 9.17) is 9.73 Å². The van der Waals surface area contributed by atoms with Gasteiger partial charge in [0.2, 0.25) is 0 Å². The largest absolute Gasteiger partial charge is 0.376 e. The van der Waals surface area contributed by atoms with Crippen molar-refractivity contribution >= 4 is 5.96 Å². The Morgan fingerprint density at radius 2 is 2.09 bits per heavy atom. The highest BCUT2D eigenvalue weighted by molar-refractivity contribution is 5.79. The Labute approximate surface area is 134 Å². The third kappa shape index (κ3) is 6.06. The quantitative estimate of drug-likeness (QED) is 0.462. The molecule has 122 valence electrons. The molecule has 0 aromatic heterocycles. The number of benzene rings is 1. The van der Waals surface area contributed by atoms with E-state index >= 15 is 0 Å². The third-order valence-electron chi connectivity index (χ3n) is 3.88. The van der Waals surface area contributed by atoms with E-state index in [-0.39, 0.29) is 0 Å². The average Bonchev–Trinajstić information content (AvgIpc) is 3.04. The predicted molar refractivity (Wildman–Crippen MR) is 92.2 cm³/mol. The number of ether oxygens (including phenoxy) is 1. The SMILES string of the molecule is CCCCNC(=NCc1ccc(C)cc1)NCC1CCCO1. The van der Waals surface area contributed by atoms with Crippen LogP contribution in [0, 0.1) is 6.92 Å². The number of unbranched alkanes of at least 4 members (excludes halogenated alkanes) is 1. The van der Waals surface area contributed by atoms with Gasteiger partial charge in [-0.2, -0.15) is 0 Å². The van der Waals surface area contributed by atoms with Gasteiger partial charge in [0, 0.05) is 19.7 Å². The van der Waals surface area contributed by atoms with Crippen LogP contribution in [0.5, 0.6) is 0 Å². The van der Waals surface area contributed by atoms with E-state index < -0.39 is 0 Å². The fourth-order valence-corrected chi connectivity index (χ4v) is 2.44. The molecule has 2 rings (SSSR count). The molecule has 1 aliphatic heterocycles. The van der Waals surface area contributed by atoms with Crippen molar-refractivity contribution in [1.29, 1.82) is 0 Å². The van der Waals surface area contributed by atoms with E-state index in [1.165, 1.54) is 24.0 Å². The van der Waals surface area contributed by atoms with Gasteiger partial charge in [0.1, 0.15) is 0 Å². The minimum Gasteiger partial charge on any atom is -0.376 e. The van der Waals surface area contributed by atoms with Gasteiger partial charge in [-0.05, 0) is 31.7 Å². The molecule has 1 heterocycles. The minimum atomic E-state index is 0.331. The van der Waals surface area contributed by atoms with Crippen LogP contribution in [0.3, 0.4) is 0 Å². The third-order valence-corrected chi connectivity index (χ3v) is 3.88. The molecule has 4 nitrogen and oxygen atoms in total. The lowest BCUT2D eigenvalue weighted by atomic mass is 10.1. The fraction of sp³-hybridized carbons (Fsp3) is 0.611. The molecular formula is C18H29N3O. The van der Waals surface area contributed by atoms with E-state index in [1.54, 1.807) is 0 Å². The van der Waals surface area contributed by atoms with E-state index in [1.807, 2.05) is 0 Å². The number of aryl methyl sites for hydroxylation is 1. The van der Waals surface area contributed by atoms with Crippen molar-refractivity contribution in [3.05, 3.63) is 35.4 Å². The Morgan fingerprint density at radius 1 is 1.27 bits per heavy atom. The van der Waals surface area contributed by atoms with Crippen molar-refractivity contribution in [3.8, 4) is 0 Å². The lowest BCUT2D eigenvalue weighted by Crippen LogP contribution is -2.41. The Morgan fingerprint density at radius 3 is 2.77 bits per heavy atom. The van der Waals surface area contributed by atoms with Crippen LogP contribution in [-0.2, 0) is 11.3 Å². The lowest BCUT2D eigenvalue weighted by molar-refractivity contribution is 0.114. The molecule has 0 bridgehead atoms. The normalized spacial score (nSPS) is 18.5. The summed E-state index contributed by atoms with van der Waals surface area (Å²) in [6.07, 6.45) is 4.99. The van der Waals surface area contributed by atoms with Crippen LogP contribution in [0.1, 0.15) is 43.7 Å². The highest BCUT2D eigenvalue weighted by Crippen LogP contribution is 2.10. The maximum Gasteiger partial charge on any atom is 0.191 e. The second kappa shape index (κ2) is 9.46. The summed E-state index contributed by atoms with van der Waals surface area (Å²) in [5.74, 6) is 0.893. The maximum absolute atomic E-state index is 5.66. The van der Waals surface area contributed by atoms with Crippen LogP contribution in [0.4, 0.5) is 0 Å². The number of nitrogens with one attached hydrogen (secondary N) is 2. The molecule has 1 saturated heterocycles. The topological polar surface area (TPSA) is 45.7 Å².